The fourth-order valence-electron chi connectivity index (χ4n) is 2.54. The summed E-state index contributed by atoms with van der Waals surface area (Å²) in [7, 11) is 0. The van der Waals surface area contributed by atoms with Gasteiger partial charge in [-0.15, -0.1) is 13.2 Å². The number of fused-ring (bicyclic) bond motifs is 1. The lowest BCUT2D eigenvalue weighted by atomic mass is 10.2. The average molecular weight is 351 g/mol. The Balaban J connectivity index is 1.49. The summed E-state index contributed by atoms with van der Waals surface area (Å²) in [6, 6.07) is 12.4. The monoisotopic (exact) mass is 351 g/mol. The van der Waals surface area contributed by atoms with Crippen LogP contribution < -0.4 is 9.47 Å². The Morgan fingerprint density at radius 3 is 2.40 bits per heavy atom. The van der Waals surface area contributed by atoms with E-state index >= 15 is 0 Å². The van der Waals surface area contributed by atoms with Crippen molar-refractivity contribution in [2.75, 3.05) is 6.61 Å². The molecular weight excluding hydrogens is 335 g/mol. The highest BCUT2D eigenvalue weighted by atomic mass is 19.4. The fraction of sp³-hybridized carbons (Fsp3) is 0.222. The second-order valence-corrected chi connectivity index (χ2v) is 5.47. The Morgan fingerprint density at radius 1 is 0.960 bits per heavy atom. The Bertz CT molecular complexity index is 841. The molecule has 1 aromatic heterocycles. The van der Waals surface area contributed by atoms with E-state index in [1.54, 1.807) is 12.1 Å². The van der Waals surface area contributed by atoms with Gasteiger partial charge in [0.25, 0.3) is 0 Å². The maximum absolute atomic E-state index is 12.1. The standard InChI is InChI=1S/C18H16F3NO3/c19-18(20,21)25-16-5-3-15(4-6-16)24-11-1-9-22-10-8-13-12-14(23)2-7-17(13)22/h2-8,10,12,23H,1,9,11H2. The Morgan fingerprint density at radius 2 is 1.68 bits per heavy atom. The van der Waals surface area contributed by atoms with Gasteiger partial charge in [0.15, 0.2) is 0 Å². The number of aromatic hydroxyl groups is 1. The minimum absolute atomic E-state index is 0.228. The number of hydrogen-bond acceptors (Lipinski definition) is 3. The van der Waals surface area contributed by atoms with Gasteiger partial charge in [-0.25, -0.2) is 0 Å². The fourth-order valence-corrected chi connectivity index (χ4v) is 2.54. The van der Waals surface area contributed by atoms with Crippen molar-refractivity contribution in [3.8, 4) is 17.2 Å². The van der Waals surface area contributed by atoms with E-state index < -0.39 is 6.36 Å². The zero-order valence-corrected chi connectivity index (χ0v) is 13.2. The van der Waals surface area contributed by atoms with Gasteiger partial charge in [-0.2, -0.15) is 0 Å². The van der Waals surface area contributed by atoms with Crippen LogP contribution in [0.3, 0.4) is 0 Å². The summed E-state index contributed by atoms with van der Waals surface area (Å²) in [5, 5.41) is 10.4. The third-order valence-corrected chi connectivity index (χ3v) is 3.62. The summed E-state index contributed by atoms with van der Waals surface area (Å²) in [5.41, 5.74) is 1.02. The van der Waals surface area contributed by atoms with Crippen molar-refractivity contribution in [3.63, 3.8) is 0 Å². The summed E-state index contributed by atoms with van der Waals surface area (Å²) >= 11 is 0. The molecule has 3 aromatic rings. The van der Waals surface area contributed by atoms with E-state index in [4.69, 9.17) is 4.74 Å². The summed E-state index contributed by atoms with van der Waals surface area (Å²) in [6.07, 6.45) is -2.03. The van der Waals surface area contributed by atoms with Crippen LogP contribution in [-0.2, 0) is 6.54 Å². The number of alkyl halides is 3. The molecule has 1 N–H and O–H groups in total. The number of phenolic OH excluding ortho intramolecular Hbond substituents is 1. The second-order valence-electron chi connectivity index (χ2n) is 5.47. The number of hydrogen-bond donors (Lipinski definition) is 1. The number of phenols is 1. The molecule has 0 aliphatic heterocycles. The molecule has 0 amide bonds. The number of halogens is 3. The molecule has 2 aromatic carbocycles. The van der Waals surface area contributed by atoms with Crippen molar-refractivity contribution in [1.29, 1.82) is 0 Å². The first kappa shape index (κ1) is 17.0. The van der Waals surface area contributed by atoms with Gasteiger partial charge < -0.3 is 19.1 Å². The van der Waals surface area contributed by atoms with Crippen LogP contribution in [0.4, 0.5) is 13.2 Å². The van der Waals surface area contributed by atoms with Crippen molar-refractivity contribution in [1.82, 2.24) is 4.57 Å². The highest BCUT2D eigenvalue weighted by molar-refractivity contribution is 5.81. The van der Waals surface area contributed by atoms with Crippen LogP contribution in [0.1, 0.15) is 6.42 Å². The lowest BCUT2D eigenvalue weighted by Gasteiger charge is -2.10. The molecule has 25 heavy (non-hydrogen) atoms. The second kappa shape index (κ2) is 6.96. The summed E-state index contributed by atoms with van der Waals surface area (Å²) in [4.78, 5) is 0. The van der Waals surface area contributed by atoms with Crippen molar-refractivity contribution in [3.05, 3.63) is 54.7 Å². The van der Waals surface area contributed by atoms with Crippen LogP contribution in [0.2, 0.25) is 0 Å². The number of benzene rings is 2. The van der Waals surface area contributed by atoms with Crippen LogP contribution in [-0.4, -0.2) is 22.6 Å². The molecule has 0 saturated heterocycles. The maximum atomic E-state index is 12.1. The van der Waals surface area contributed by atoms with E-state index in [0.29, 0.717) is 12.4 Å². The topological polar surface area (TPSA) is 43.6 Å². The van der Waals surface area contributed by atoms with Gasteiger partial charge in [0, 0.05) is 23.6 Å². The summed E-state index contributed by atoms with van der Waals surface area (Å²) < 4.78 is 47.7. The Labute approximate surface area is 142 Å². The van der Waals surface area contributed by atoms with Gasteiger partial charge in [0.05, 0.1) is 6.61 Å². The largest absolute Gasteiger partial charge is 0.573 e. The lowest BCUT2D eigenvalue weighted by molar-refractivity contribution is -0.274. The van der Waals surface area contributed by atoms with Crippen molar-refractivity contribution in [2.24, 2.45) is 0 Å². The smallest absolute Gasteiger partial charge is 0.508 e. The van der Waals surface area contributed by atoms with E-state index in [-0.39, 0.29) is 11.5 Å². The first-order valence-electron chi connectivity index (χ1n) is 7.67. The minimum Gasteiger partial charge on any atom is -0.508 e. The van der Waals surface area contributed by atoms with Crippen LogP contribution in [0.15, 0.2) is 54.7 Å². The zero-order chi connectivity index (χ0) is 17.9. The zero-order valence-electron chi connectivity index (χ0n) is 13.2. The number of nitrogens with zero attached hydrogens (tertiary/aromatic N) is 1. The van der Waals surface area contributed by atoms with Gasteiger partial charge in [-0.05, 0) is 55.0 Å². The van der Waals surface area contributed by atoms with Crippen molar-refractivity contribution < 1.29 is 27.8 Å². The number of aryl methyl sites for hydroxylation is 1. The summed E-state index contributed by atoms with van der Waals surface area (Å²) in [5.74, 6) is 0.435. The van der Waals surface area contributed by atoms with Crippen molar-refractivity contribution >= 4 is 10.9 Å². The van der Waals surface area contributed by atoms with Gasteiger partial charge in [0.2, 0.25) is 0 Å². The van der Waals surface area contributed by atoms with Gasteiger partial charge in [-0.3, -0.25) is 0 Å². The highest BCUT2D eigenvalue weighted by Gasteiger charge is 2.30. The number of rotatable bonds is 6. The van der Waals surface area contributed by atoms with Crippen LogP contribution in [0, 0.1) is 0 Å². The first-order valence-corrected chi connectivity index (χ1v) is 7.67. The van der Waals surface area contributed by atoms with Gasteiger partial charge in [-0.1, -0.05) is 0 Å². The van der Waals surface area contributed by atoms with Crippen LogP contribution in [0.5, 0.6) is 17.2 Å². The normalized spacial score (nSPS) is 11.6. The molecular formula is C18H16F3NO3. The van der Waals surface area contributed by atoms with E-state index in [1.165, 1.54) is 24.3 Å². The predicted molar refractivity (Wildman–Crippen MR) is 86.8 cm³/mol. The molecule has 0 bridgehead atoms. The van der Waals surface area contributed by atoms with Gasteiger partial charge in [0.1, 0.15) is 17.2 Å². The number of aromatic nitrogens is 1. The third kappa shape index (κ3) is 4.59. The van der Waals surface area contributed by atoms with E-state index in [2.05, 4.69) is 9.30 Å². The molecule has 0 atom stereocenters. The average Bonchev–Trinajstić information content (AvgIpc) is 2.94. The van der Waals surface area contributed by atoms with Crippen molar-refractivity contribution in [2.45, 2.75) is 19.3 Å². The Hall–Kier alpha value is -2.83. The Kier molecular flexibility index (Phi) is 4.74. The molecule has 3 rings (SSSR count). The highest BCUT2D eigenvalue weighted by Crippen LogP contribution is 2.25. The van der Waals surface area contributed by atoms with Crippen LogP contribution >= 0.6 is 0 Å². The van der Waals surface area contributed by atoms with Crippen LogP contribution in [0.25, 0.3) is 10.9 Å². The minimum atomic E-state index is -4.70. The first-order chi connectivity index (χ1) is 11.9. The van der Waals surface area contributed by atoms with E-state index in [0.717, 1.165) is 23.9 Å². The molecule has 0 aliphatic carbocycles. The predicted octanol–water partition coefficient (Wildman–Crippen LogP) is 4.71. The van der Waals surface area contributed by atoms with E-state index in [1.807, 2.05) is 18.3 Å². The maximum Gasteiger partial charge on any atom is 0.573 e. The van der Waals surface area contributed by atoms with E-state index in [9.17, 15) is 18.3 Å². The molecule has 0 aliphatic rings. The number of ether oxygens (including phenoxy) is 2. The summed E-state index contributed by atoms with van der Waals surface area (Å²) in [6.45, 7) is 1.15. The molecule has 0 radical (unpaired) electrons. The molecule has 0 spiro atoms. The molecule has 132 valence electrons. The molecule has 4 nitrogen and oxygen atoms in total. The molecule has 1 heterocycles. The molecule has 0 fully saturated rings. The molecule has 0 saturated carbocycles. The van der Waals surface area contributed by atoms with Gasteiger partial charge >= 0.3 is 6.36 Å². The lowest BCUT2D eigenvalue weighted by Crippen LogP contribution is -2.16. The molecule has 0 unspecified atom stereocenters. The SMILES string of the molecule is Oc1ccc2c(ccn2CCCOc2ccc(OC(F)(F)F)cc2)c1. The third-order valence-electron chi connectivity index (χ3n) is 3.62. The molecule has 7 heteroatoms. The quantitative estimate of drug-likeness (QED) is 0.654.